The fraction of sp³-hybridized carbons (Fsp3) is 0.400. The maximum Gasteiger partial charge on any atom is 0.317 e. The van der Waals surface area contributed by atoms with Gasteiger partial charge in [-0.25, -0.2) is 4.79 Å². The lowest BCUT2D eigenvalue weighted by atomic mass is 10.1. The Morgan fingerprint density at radius 1 is 1.38 bits per heavy atom. The van der Waals surface area contributed by atoms with Crippen LogP contribution in [0.4, 0.5) is 4.79 Å². The van der Waals surface area contributed by atoms with Gasteiger partial charge in [0.2, 0.25) is 0 Å². The first kappa shape index (κ1) is 14.9. The average molecular weight is 287 g/mol. The van der Waals surface area contributed by atoms with Gasteiger partial charge in [0.15, 0.2) is 0 Å². The number of nitriles is 1. The Hall–Kier alpha value is -2.55. The number of likely N-dealkylation sites (tertiary alicyclic amines) is 1. The lowest BCUT2D eigenvalue weighted by Crippen LogP contribution is -2.38. The molecule has 110 valence electrons. The van der Waals surface area contributed by atoms with Crippen LogP contribution in [-0.2, 0) is 11.3 Å². The van der Waals surface area contributed by atoms with Crippen molar-refractivity contribution in [2.45, 2.75) is 19.4 Å². The van der Waals surface area contributed by atoms with Crippen molar-refractivity contribution in [3.63, 3.8) is 0 Å². The van der Waals surface area contributed by atoms with Gasteiger partial charge in [0, 0.05) is 26.1 Å². The van der Waals surface area contributed by atoms with Crippen molar-refractivity contribution in [2.75, 3.05) is 13.1 Å². The van der Waals surface area contributed by atoms with Crippen LogP contribution in [-0.4, -0.2) is 35.1 Å². The number of rotatable bonds is 4. The number of urea groups is 1. The molecule has 6 nitrogen and oxygen atoms in total. The van der Waals surface area contributed by atoms with Crippen LogP contribution >= 0.6 is 0 Å². The zero-order chi connectivity index (χ0) is 15.2. The van der Waals surface area contributed by atoms with Gasteiger partial charge in [-0.15, -0.1) is 0 Å². The molecule has 1 saturated heterocycles. The van der Waals surface area contributed by atoms with Crippen LogP contribution < -0.4 is 5.32 Å². The fourth-order valence-electron chi connectivity index (χ4n) is 2.42. The number of carboxylic acids is 1. The van der Waals surface area contributed by atoms with Gasteiger partial charge in [-0.2, -0.15) is 5.26 Å². The van der Waals surface area contributed by atoms with Crippen molar-refractivity contribution >= 4 is 12.0 Å². The van der Waals surface area contributed by atoms with Crippen LogP contribution in [0.25, 0.3) is 0 Å². The predicted octanol–water partition coefficient (Wildman–Crippen LogP) is 1.56. The summed E-state index contributed by atoms with van der Waals surface area (Å²) < 4.78 is 0. The van der Waals surface area contributed by atoms with Gasteiger partial charge in [0.1, 0.15) is 0 Å². The number of carbonyl (C=O) groups is 2. The summed E-state index contributed by atoms with van der Waals surface area (Å²) in [6.45, 7) is 1.48. The molecule has 0 radical (unpaired) electrons. The molecule has 1 aromatic carbocycles. The van der Waals surface area contributed by atoms with E-state index in [1.54, 1.807) is 29.2 Å². The maximum atomic E-state index is 12.0. The van der Waals surface area contributed by atoms with Crippen LogP contribution in [0.15, 0.2) is 24.3 Å². The molecule has 2 amide bonds. The third-order valence-electron chi connectivity index (χ3n) is 3.56. The largest absolute Gasteiger partial charge is 0.481 e. The molecule has 2 rings (SSSR count). The third-order valence-corrected chi connectivity index (χ3v) is 3.56. The number of carbonyl (C=O) groups excluding carboxylic acids is 1. The summed E-state index contributed by atoms with van der Waals surface area (Å²) in [6.07, 6.45) is 0.843. The van der Waals surface area contributed by atoms with Gasteiger partial charge in [-0.05, 0) is 30.0 Å². The second-order valence-electron chi connectivity index (χ2n) is 5.17. The molecule has 1 unspecified atom stereocenters. The Balaban J connectivity index is 1.79. The van der Waals surface area contributed by atoms with Crippen molar-refractivity contribution in [3.8, 4) is 6.07 Å². The molecule has 0 bridgehead atoms. The Morgan fingerprint density at radius 3 is 2.71 bits per heavy atom. The highest BCUT2D eigenvalue weighted by Crippen LogP contribution is 2.19. The Kier molecular flexibility index (Phi) is 4.77. The normalized spacial score (nSPS) is 17.3. The number of carboxylic acid groups (broad SMARTS) is 1. The third kappa shape index (κ3) is 4.21. The van der Waals surface area contributed by atoms with Gasteiger partial charge in [0.25, 0.3) is 0 Å². The first-order valence-electron chi connectivity index (χ1n) is 6.82. The van der Waals surface area contributed by atoms with Gasteiger partial charge in [0.05, 0.1) is 11.6 Å². The Bertz CT molecular complexity index is 563. The first-order valence-corrected chi connectivity index (χ1v) is 6.82. The molecule has 1 heterocycles. The van der Waals surface area contributed by atoms with E-state index in [0.717, 1.165) is 12.0 Å². The van der Waals surface area contributed by atoms with Crippen molar-refractivity contribution in [1.29, 1.82) is 5.26 Å². The van der Waals surface area contributed by atoms with E-state index >= 15 is 0 Å². The monoisotopic (exact) mass is 287 g/mol. The highest BCUT2D eigenvalue weighted by atomic mass is 16.4. The molecule has 1 atom stereocenters. The molecule has 1 aromatic rings. The smallest absolute Gasteiger partial charge is 0.317 e. The summed E-state index contributed by atoms with van der Waals surface area (Å²) in [5, 5.41) is 20.3. The van der Waals surface area contributed by atoms with Crippen molar-refractivity contribution in [2.24, 2.45) is 5.92 Å². The Labute approximate surface area is 123 Å². The van der Waals surface area contributed by atoms with E-state index in [1.807, 2.05) is 6.07 Å². The van der Waals surface area contributed by atoms with Crippen LogP contribution in [0.5, 0.6) is 0 Å². The van der Waals surface area contributed by atoms with E-state index in [0.29, 0.717) is 25.2 Å². The lowest BCUT2D eigenvalue weighted by Gasteiger charge is -2.17. The summed E-state index contributed by atoms with van der Waals surface area (Å²) in [5.41, 5.74) is 1.50. The number of aliphatic carboxylic acids is 1. The van der Waals surface area contributed by atoms with E-state index in [-0.39, 0.29) is 18.4 Å². The summed E-state index contributed by atoms with van der Waals surface area (Å²) in [6, 6.07) is 8.89. The van der Waals surface area contributed by atoms with Crippen LogP contribution in [0.3, 0.4) is 0 Å². The maximum absolute atomic E-state index is 12.0. The second-order valence-corrected chi connectivity index (χ2v) is 5.17. The molecule has 1 fully saturated rings. The minimum atomic E-state index is -0.820. The zero-order valence-electron chi connectivity index (χ0n) is 11.6. The molecule has 0 aromatic heterocycles. The minimum absolute atomic E-state index is 0.0446. The molecular formula is C15H17N3O3. The average Bonchev–Trinajstić information content (AvgIpc) is 2.93. The summed E-state index contributed by atoms with van der Waals surface area (Å²) in [5.74, 6) is -0.775. The van der Waals surface area contributed by atoms with E-state index in [1.165, 1.54) is 0 Å². The first-order chi connectivity index (χ1) is 10.1. The quantitative estimate of drug-likeness (QED) is 0.878. The molecule has 1 aliphatic rings. The number of benzene rings is 1. The summed E-state index contributed by atoms with van der Waals surface area (Å²) in [7, 11) is 0. The Morgan fingerprint density at radius 2 is 2.10 bits per heavy atom. The van der Waals surface area contributed by atoms with Gasteiger partial charge in [-0.1, -0.05) is 12.1 Å². The van der Waals surface area contributed by atoms with E-state index in [4.69, 9.17) is 10.4 Å². The number of hydrogen-bond acceptors (Lipinski definition) is 3. The molecule has 6 heteroatoms. The lowest BCUT2D eigenvalue weighted by molar-refractivity contribution is -0.138. The topological polar surface area (TPSA) is 93.4 Å². The highest BCUT2D eigenvalue weighted by molar-refractivity contribution is 5.74. The van der Waals surface area contributed by atoms with E-state index in [2.05, 4.69) is 5.32 Å². The zero-order valence-corrected chi connectivity index (χ0v) is 11.6. The van der Waals surface area contributed by atoms with Crippen molar-refractivity contribution in [1.82, 2.24) is 10.2 Å². The second kappa shape index (κ2) is 6.75. The van der Waals surface area contributed by atoms with Crippen LogP contribution in [0, 0.1) is 17.2 Å². The molecule has 0 saturated carbocycles. The van der Waals surface area contributed by atoms with Crippen LogP contribution in [0.2, 0.25) is 0 Å². The predicted molar refractivity (Wildman–Crippen MR) is 75.3 cm³/mol. The minimum Gasteiger partial charge on any atom is -0.481 e. The number of amides is 2. The molecule has 0 spiro atoms. The SMILES string of the molecule is N#Cc1ccc(CNC(=O)N2CCC(CC(=O)O)C2)cc1. The number of hydrogen-bond donors (Lipinski definition) is 2. The van der Waals surface area contributed by atoms with E-state index in [9.17, 15) is 9.59 Å². The molecule has 2 N–H and O–H groups in total. The van der Waals surface area contributed by atoms with Crippen LogP contribution in [0.1, 0.15) is 24.0 Å². The standard InChI is InChI=1S/C15H17N3O3/c16-8-11-1-3-12(4-2-11)9-17-15(21)18-6-5-13(10-18)7-14(19)20/h1-4,13H,5-7,9-10H2,(H,17,21)(H,19,20). The van der Waals surface area contributed by atoms with Gasteiger partial charge < -0.3 is 15.3 Å². The highest BCUT2D eigenvalue weighted by Gasteiger charge is 2.27. The van der Waals surface area contributed by atoms with Gasteiger partial charge >= 0.3 is 12.0 Å². The summed E-state index contributed by atoms with van der Waals surface area (Å²) >= 11 is 0. The number of nitrogens with zero attached hydrogens (tertiary/aromatic N) is 2. The van der Waals surface area contributed by atoms with E-state index < -0.39 is 5.97 Å². The molecule has 21 heavy (non-hydrogen) atoms. The van der Waals surface area contributed by atoms with Crippen molar-refractivity contribution < 1.29 is 14.7 Å². The van der Waals surface area contributed by atoms with Gasteiger partial charge in [-0.3, -0.25) is 4.79 Å². The van der Waals surface area contributed by atoms with Crippen molar-refractivity contribution in [3.05, 3.63) is 35.4 Å². The molecular weight excluding hydrogens is 270 g/mol. The fourth-order valence-corrected chi connectivity index (χ4v) is 2.42. The molecule has 1 aliphatic heterocycles. The number of nitrogens with one attached hydrogen (secondary N) is 1. The summed E-state index contributed by atoms with van der Waals surface area (Å²) in [4.78, 5) is 24.3. The molecule has 0 aliphatic carbocycles.